The minimum atomic E-state index is 0.589. The number of nitrogens with two attached hydrogens (primary N) is 1. The Morgan fingerprint density at radius 2 is 2.00 bits per heavy atom. The molecule has 0 radical (unpaired) electrons. The maximum atomic E-state index is 5.58. The second-order valence-electron chi connectivity index (χ2n) is 4.10. The molecule has 1 aromatic heterocycles. The Morgan fingerprint density at radius 1 is 1.33 bits per heavy atom. The SMILES string of the molecule is CC1CN(c2ccc(N)nc2)CC(C)S1. The molecule has 1 aliphatic rings. The van der Waals surface area contributed by atoms with E-state index >= 15 is 0 Å². The van der Waals surface area contributed by atoms with Gasteiger partial charge in [-0.25, -0.2) is 4.98 Å². The standard InChI is InChI=1S/C11H17N3S/c1-8-6-14(7-9(2)15-8)10-3-4-11(12)13-5-10/h3-5,8-9H,6-7H2,1-2H3,(H2,12,13). The molecule has 0 amide bonds. The van der Waals surface area contributed by atoms with Crippen LogP contribution in [0.1, 0.15) is 13.8 Å². The molecule has 2 atom stereocenters. The van der Waals surface area contributed by atoms with Gasteiger partial charge in [-0.2, -0.15) is 11.8 Å². The molecule has 2 N–H and O–H groups in total. The van der Waals surface area contributed by atoms with Crippen LogP contribution >= 0.6 is 11.8 Å². The van der Waals surface area contributed by atoms with Crippen LogP contribution in [-0.2, 0) is 0 Å². The zero-order valence-electron chi connectivity index (χ0n) is 9.18. The van der Waals surface area contributed by atoms with Gasteiger partial charge in [0, 0.05) is 23.6 Å². The van der Waals surface area contributed by atoms with Gasteiger partial charge in [-0.1, -0.05) is 13.8 Å². The predicted molar refractivity (Wildman–Crippen MR) is 67.4 cm³/mol. The lowest BCUT2D eigenvalue weighted by Crippen LogP contribution is -2.40. The molecule has 1 saturated heterocycles. The third kappa shape index (κ3) is 2.56. The van der Waals surface area contributed by atoms with Crippen LogP contribution in [0.25, 0.3) is 0 Å². The van der Waals surface area contributed by atoms with Gasteiger partial charge in [0.1, 0.15) is 5.82 Å². The first-order valence-corrected chi connectivity index (χ1v) is 6.21. The smallest absolute Gasteiger partial charge is 0.123 e. The molecule has 1 aliphatic heterocycles. The van der Waals surface area contributed by atoms with E-state index < -0.39 is 0 Å². The lowest BCUT2D eigenvalue weighted by atomic mass is 10.3. The first kappa shape index (κ1) is 10.6. The van der Waals surface area contributed by atoms with E-state index in [0.717, 1.165) is 13.1 Å². The van der Waals surface area contributed by atoms with Crippen LogP contribution < -0.4 is 10.6 Å². The Kier molecular flexibility index (Phi) is 3.05. The molecular weight excluding hydrogens is 206 g/mol. The van der Waals surface area contributed by atoms with E-state index in [1.165, 1.54) is 5.69 Å². The average molecular weight is 223 g/mol. The van der Waals surface area contributed by atoms with E-state index in [0.29, 0.717) is 16.3 Å². The summed E-state index contributed by atoms with van der Waals surface area (Å²) in [6, 6.07) is 3.92. The summed E-state index contributed by atoms with van der Waals surface area (Å²) in [4.78, 5) is 6.52. The van der Waals surface area contributed by atoms with Crippen LogP contribution in [0.2, 0.25) is 0 Å². The van der Waals surface area contributed by atoms with Crippen molar-refractivity contribution >= 4 is 23.3 Å². The normalized spacial score (nSPS) is 26.7. The summed E-state index contributed by atoms with van der Waals surface area (Å²) in [7, 11) is 0. The molecule has 2 unspecified atom stereocenters. The van der Waals surface area contributed by atoms with E-state index in [1.54, 1.807) is 0 Å². The van der Waals surface area contributed by atoms with E-state index in [1.807, 2.05) is 12.3 Å². The number of aromatic nitrogens is 1. The minimum Gasteiger partial charge on any atom is -0.384 e. The van der Waals surface area contributed by atoms with Crippen molar-refractivity contribution in [3.63, 3.8) is 0 Å². The Bertz CT molecular complexity index is 315. The van der Waals surface area contributed by atoms with E-state index in [2.05, 4.69) is 41.6 Å². The Balaban J connectivity index is 2.12. The lowest BCUT2D eigenvalue weighted by molar-refractivity contribution is 0.727. The van der Waals surface area contributed by atoms with Gasteiger partial charge in [-0.3, -0.25) is 0 Å². The summed E-state index contributed by atoms with van der Waals surface area (Å²) in [5, 5.41) is 1.37. The summed E-state index contributed by atoms with van der Waals surface area (Å²) in [6.07, 6.45) is 1.87. The van der Waals surface area contributed by atoms with Crippen LogP contribution in [-0.4, -0.2) is 28.6 Å². The number of rotatable bonds is 1. The van der Waals surface area contributed by atoms with Crippen molar-refractivity contribution in [3.05, 3.63) is 18.3 Å². The molecule has 2 rings (SSSR count). The molecule has 0 aliphatic carbocycles. The predicted octanol–water partition coefficient (Wildman–Crippen LogP) is 1.99. The molecular formula is C11H17N3S. The lowest BCUT2D eigenvalue weighted by Gasteiger charge is -2.36. The topological polar surface area (TPSA) is 42.1 Å². The first-order valence-electron chi connectivity index (χ1n) is 5.27. The molecule has 82 valence electrons. The number of hydrogen-bond donors (Lipinski definition) is 1. The van der Waals surface area contributed by atoms with E-state index in [4.69, 9.17) is 5.73 Å². The highest BCUT2D eigenvalue weighted by Gasteiger charge is 2.22. The van der Waals surface area contributed by atoms with Gasteiger partial charge < -0.3 is 10.6 Å². The summed E-state index contributed by atoms with van der Waals surface area (Å²) in [5.74, 6) is 0.589. The largest absolute Gasteiger partial charge is 0.384 e. The highest BCUT2D eigenvalue weighted by atomic mass is 32.2. The molecule has 0 aromatic carbocycles. The second kappa shape index (κ2) is 4.31. The van der Waals surface area contributed by atoms with E-state index in [9.17, 15) is 0 Å². The molecule has 0 spiro atoms. The maximum Gasteiger partial charge on any atom is 0.123 e. The number of pyridine rings is 1. The van der Waals surface area contributed by atoms with Crippen molar-refractivity contribution in [2.45, 2.75) is 24.3 Å². The summed E-state index contributed by atoms with van der Waals surface area (Å²) in [6.45, 7) is 6.75. The van der Waals surface area contributed by atoms with Gasteiger partial charge >= 0.3 is 0 Å². The van der Waals surface area contributed by atoms with E-state index in [-0.39, 0.29) is 0 Å². The van der Waals surface area contributed by atoms with Crippen molar-refractivity contribution < 1.29 is 0 Å². The van der Waals surface area contributed by atoms with Crippen LogP contribution in [0.4, 0.5) is 11.5 Å². The van der Waals surface area contributed by atoms with Gasteiger partial charge in [0.15, 0.2) is 0 Å². The number of hydrogen-bond acceptors (Lipinski definition) is 4. The molecule has 1 fully saturated rings. The van der Waals surface area contributed by atoms with Crippen molar-refractivity contribution in [1.29, 1.82) is 0 Å². The highest BCUT2D eigenvalue weighted by molar-refractivity contribution is 8.00. The number of thioether (sulfide) groups is 1. The Morgan fingerprint density at radius 3 is 2.53 bits per heavy atom. The first-order chi connectivity index (χ1) is 7.15. The zero-order chi connectivity index (χ0) is 10.8. The van der Waals surface area contributed by atoms with Crippen LogP contribution in [0.5, 0.6) is 0 Å². The zero-order valence-corrected chi connectivity index (χ0v) is 10.00. The number of nitrogen functional groups attached to an aromatic ring is 1. The molecule has 0 bridgehead atoms. The van der Waals surface area contributed by atoms with Crippen molar-refractivity contribution in [2.75, 3.05) is 23.7 Å². The van der Waals surface area contributed by atoms with Gasteiger partial charge in [-0.15, -0.1) is 0 Å². The van der Waals surface area contributed by atoms with Crippen molar-refractivity contribution in [1.82, 2.24) is 4.98 Å². The quantitative estimate of drug-likeness (QED) is 0.790. The van der Waals surface area contributed by atoms with Crippen LogP contribution in [0.3, 0.4) is 0 Å². The second-order valence-corrected chi connectivity index (χ2v) is 5.99. The fraction of sp³-hybridized carbons (Fsp3) is 0.545. The van der Waals surface area contributed by atoms with Gasteiger partial charge in [-0.05, 0) is 12.1 Å². The fourth-order valence-corrected chi connectivity index (χ4v) is 3.30. The van der Waals surface area contributed by atoms with Gasteiger partial charge in [0.05, 0.1) is 11.9 Å². The van der Waals surface area contributed by atoms with Gasteiger partial charge in [0.2, 0.25) is 0 Å². The van der Waals surface area contributed by atoms with Gasteiger partial charge in [0.25, 0.3) is 0 Å². The molecule has 2 heterocycles. The average Bonchev–Trinajstić information content (AvgIpc) is 2.17. The molecule has 0 saturated carbocycles. The third-order valence-electron chi connectivity index (χ3n) is 2.56. The Labute approximate surface area is 95.1 Å². The molecule has 1 aromatic rings. The minimum absolute atomic E-state index is 0.589. The van der Waals surface area contributed by atoms with Crippen molar-refractivity contribution in [3.8, 4) is 0 Å². The van der Waals surface area contributed by atoms with Crippen LogP contribution in [0.15, 0.2) is 18.3 Å². The molecule has 4 heteroatoms. The molecule has 3 nitrogen and oxygen atoms in total. The summed E-state index contributed by atoms with van der Waals surface area (Å²) < 4.78 is 0. The monoisotopic (exact) mass is 223 g/mol. The Hall–Kier alpha value is -0.900. The van der Waals surface area contributed by atoms with Crippen LogP contribution in [0, 0.1) is 0 Å². The highest BCUT2D eigenvalue weighted by Crippen LogP contribution is 2.28. The number of nitrogens with zero attached hydrogens (tertiary/aromatic N) is 2. The van der Waals surface area contributed by atoms with Crippen molar-refractivity contribution in [2.24, 2.45) is 0 Å². The maximum absolute atomic E-state index is 5.58. The summed E-state index contributed by atoms with van der Waals surface area (Å²) >= 11 is 2.06. The summed E-state index contributed by atoms with van der Waals surface area (Å²) in [5.41, 5.74) is 6.76. The molecule has 15 heavy (non-hydrogen) atoms. The number of anilines is 2. The third-order valence-corrected chi connectivity index (χ3v) is 3.78. The fourth-order valence-electron chi connectivity index (χ4n) is 1.97.